The molecule has 1 N–H and O–H groups in total. The summed E-state index contributed by atoms with van der Waals surface area (Å²) in [6.45, 7) is 0. The minimum absolute atomic E-state index is 0. The van der Waals surface area contributed by atoms with Gasteiger partial charge < -0.3 is 14.7 Å². The van der Waals surface area contributed by atoms with E-state index in [2.05, 4.69) is 32.7 Å². The summed E-state index contributed by atoms with van der Waals surface area (Å²) in [5.41, 5.74) is 3.38. The molecule has 0 bridgehead atoms. The summed E-state index contributed by atoms with van der Waals surface area (Å²) in [4.78, 5) is 14.8. The number of aromatic nitrogens is 4. The van der Waals surface area contributed by atoms with Crippen molar-refractivity contribution in [3.05, 3.63) is 91.3 Å². The van der Waals surface area contributed by atoms with Crippen LogP contribution in [0.2, 0.25) is 0 Å². The molecular weight excluding hydrogens is 599 g/mol. The summed E-state index contributed by atoms with van der Waals surface area (Å²) in [6.07, 6.45) is 3.60. The van der Waals surface area contributed by atoms with Gasteiger partial charge in [0.2, 0.25) is 0 Å². The fourth-order valence-corrected chi connectivity index (χ4v) is 4.55. The normalized spacial score (nSPS) is 11.1. The maximum atomic E-state index is 10.1. The van der Waals surface area contributed by atoms with E-state index in [4.69, 9.17) is 4.98 Å². The van der Waals surface area contributed by atoms with Crippen molar-refractivity contribution in [3.63, 3.8) is 0 Å². The Morgan fingerprint density at radius 2 is 1.72 bits per heavy atom. The van der Waals surface area contributed by atoms with Gasteiger partial charge in [0.1, 0.15) is 17.1 Å². The van der Waals surface area contributed by atoms with Crippen molar-refractivity contribution in [1.29, 1.82) is 0 Å². The van der Waals surface area contributed by atoms with Crippen LogP contribution >= 0.6 is 11.8 Å². The molecule has 0 atom stereocenters. The minimum Gasteiger partial charge on any atom is -0.506 e. The van der Waals surface area contributed by atoms with Gasteiger partial charge in [-0.1, -0.05) is 59.3 Å². The van der Waals surface area contributed by atoms with Crippen LogP contribution in [0.5, 0.6) is 5.75 Å². The zero-order valence-corrected chi connectivity index (χ0v) is 19.6. The first-order chi connectivity index (χ1) is 15.3. The SMILES string of the molecule is Oc1cccc2ccc(Sc3[c-]c4c(nc3)c3ccccc3n4-c3ccccn3)nc12.[Pt]. The van der Waals surface area contributed by atoms with Crippen molar-refractivity contribution in [3.8, 4) is 11.6 Å². The largest absolute Gasteiger partial charge is 0.506 e. The third-order valence-electron chi connectivity index (χ3n) is 5.17. The smallest absolute Gasteiger partial charge is 0.141 e. The van der Waals surface area contributed by atoms with Crippen LogP contribution in [0.15, 0.2) is 95.1 Å². The third-order valence-corrected chi connectivity index (χ3v) is 6.03. The molecule has 4 heterocycles. The van der Waals surface area contributed by atoms with E-state index in [1.54, 1.807) is 12.3 Å². The fraction of sp³-hybridized carbons (Fsp3) is 0. The van der Waals surface area contributed by atoms with Gasteiger partial charge in [-0.05, 0) is 52.8 Å². The van der Waals surface area contributed by atoms with Gasteiger partial charge in [-0.15, -0.1) is 6.07 Å². The molecule has 32 heavy (non-hydrogen) atoms. The number of phenolic OH excluding ortho intramolecular Hbond substituents is 1. The second-order valence-corrected chi connectivity index (χ2v) is 8.15. The Labute approximate surface area is 202 Å². The zero-order chi connectivity index (χ0) is 20.8. The van der Waals surface area contributed by atoms with Crippen LogP contribution in [-0.2, 0) is 21.1 Å². The standard InChI is InChI=1S/C25H15N4OS.Pt/c30-21-9-5-6-16-11-12-23(28-24(16)21)31-17-14-20-25(27-15-17)18-7-1-2-8-19(18)29(20)22-10-3-4-13-26-22;/h1-13,15,30H;/q-1;. The van der Waals surface area contributed by atoms with Crippen LogP contribution < -0.4 is 0 Å². The maximum Gasteiger partial charge on any atom is 0.141 e. The molecule has 6 aromatic rings. The molecule has 0 fully saturated rings. The van der Waals surface area contributed by atoms with Crippen LogP contribution in [0.1, 0.15) is 0 Å². The quantitative estimate of drug-likeness (QED) is 0.257. The van der Waals surface area contributed by atoms with Gasteiger partial charge in [-0.25, -0.2) is 9.97 Å². The van der Waals surface area contributed by atoms with Gasteiger partial charge in [0, 0.05) is 38.2 Å². The molecular formula is C25H15N4OPtS-. The first-order valence-corrected chi connectivity index (χ1v) is 10.6. The van der Waals surface area contributed by atoms with Gasteiger partial charge in [0.05, 0.1) is 5.03 Å². The van der Waals surface area contributed by atoms with Gasteiger partial charge >= 0.3 is 0 Å². The van der Waals surface area contributed by atoms with Crippen LogP contribution in [0, 0.1) is 6.07 Å². The first kappa shape index (κ1) is 20.7. The summed E-state index contributed by atoms with van der Waals surface area (Å²) >= 11 is 1.47. The predicted molar refractivity (Wildman–Crippen MR) is 123 cm³/mol. The van der Waals surface area contributed by atoms with Gasteiger partial charge in [-0.3, -0.25) is 0 Å². The summed E-state index contributed by atoms with van der Waals surface area (Å²) in [6, 6.07) is 26.8. The van der Waals surface area contributed by atoms with E-state index in [-0.39, 0.29) is 26.8 Å². The van der Waals surface area contributed by atoms with Gasteiger partial charge in [-0.2, -0.15) is 0 Å². The first-order valence-electron chi connectivity index (χ1n) is 9.77. The van der Waals surface area contributed by atoms with Crippen molar-refractivity contribution in [1.82, 2.24) is 19.5 Å². The van der Waals surface area contributed by atoms with Gasteiger partial charge in [0.15, 0.2) is 0 Å². The average Bonchev–Trinajstić information content (AvgIpc) is 3.14. The summed E-state index contributed by atoms with van der Waals surface area (Å²) in [7, 11) is 0. The Morgan fingerprint density at radius 3 is 2.59 bits per heavy atom. The number of aromatic hydroxyl groups is 1. The molecule has 0 saturated heterocycles. The van der Waals surface area contributed by atoms with Crippen LogP contribution in [0.3, 0.4) is 0 Å². The Bertz CT molecular complexity index is 1580. The Hall–Kier alpha value is -3.21. The number of hydrogen-bond acceptors (Lipinski definition) is 5. The van der Waals surface area contributed by atoms with Crippen molar-refractivity contribution in [2.45, 2.75) is 9.92 Å². The van der Waals surface area contributed by atoms with E-state index >= 15 is 0 Å². The minimum atomic E-state index is 0. The van der Waals surface area contributed by atoms with Crippen LogP contribution in [0.4, 0.5) is 0 Å². The van der Waals surface area contributed by atoms with Gasteiger partial charge in [0.25, 0.3) is 0 Å². The zero-order valence-electron chi connectivity index (χ0n) is 16.5. The van der Waals surface area contributed by atoms with Crippen molar-refractivity contribution in [2.75, 3.05) is 0 Å². The molecule has 5 nitrogen and oxygen atoms in total. The number of nitrogens with zero attached hydrogens (tertiary/aromatic N) is 4. The average molecular weight is 615 g/mol. The number of hydrogen-bond donors (Lipinski definition) is 1. The maximum absolute atomic E-state index is 10.1. The van der Waals surface area contributed by atoms with Crippen LogP contribution in [0.25, 0.3) is 38.7 Å². The summed E-state index contributed by atoms with van der Waals surface area (Å²) in [5.74, 6) is 0.996. The number of para-hydroxylation sites is 2. The molecule has 0 saturated carbocycles. The van der Waals surface area contributed by atoms with Crippen LogP contribution in [-0.4, -0.2) is 24.6 Å². The molecule has 0 spiro atoms. The van der Waals surface area contributed by atoms with E-state index < -0.39 is 0 Å². The number of rotatable bonds is 3. The Kier molecular flexibility index (Phi) is 5.41. The monoisotopic (exact) mass is 614 g/mol. The fourth-order valence-electron chi connectivity index (χ4n) is 3.80. The molecule has 0 radical (unpaired) electrons. The second kappa shape index (κ2) is 8.38. The van der Waals surface area contributed by atoms with E-state index in [0.29, 0.717) is 5.52 Å². The Morgan fingerprint density at radius 1 is 0.844 bits per heavy atom. The molecule has 0 unspecified atom stereocenters. The molecule has 7 heteroatoms. The summed E-state index contributed by atoms with van der Waals surface area (Å²) < 4.78 is 2.08. The molecule has 0 aliphatic carbocycles. The molecule has 0 amide bonds. The molecule has 4 aromatic heterocycles. The predicted octanol–water partition coefficient (Wildman–Crippen LogP) is 5.78. The van der Waals surface area contributed by atoms with E-state index in [1.165, 1.54) is 11.8 Å². The van der Waals surface area contributed by atoms with E-state index in [0.717, 1.165) is 43.1 Å². The molecule has 6 rings (SSSR count). The molecule has 0 aliphatic rings. The number of phenols is 1. The van der Waals surface area contributed by atoms with E-state index in [9.17, 15) is 5.11 Å². The van der Waals surface area contributed by atoms with Crippen molar-refractivity contribution >= 4 is 44.6 Å². The topological polar surface area (TPSA) is 63.8 Å². The number of benzene rings is 2. The van der Waals surface area contributed by atoms with Crippen molar-refractivity contribution in [2.24, 2.45) is 0 Å². The van der Waals surface area contributed by atoms with Crippen molar-refractivity contribution < 1.29 is 26.2 Å². The van der Waals surface area contributed by atoms with E-state index in [1.807, 2.05) is 60.8 Å². The molecule has 0 aliphatic heterocycles. The molecule has 158 valence electrons. The Balaban J connectivity index is 0.00000216. The third kappa shape index (κ3) is 3.46. The molecule has 2 aromatic carbocycles. The second-order valence-electron chi connectivity index (χ2n) is 7.09. The summed E-state index contributed by atoms with van der Waals surface area (Å²) in [5, 5.41) is 12.9. The number of pyridine rings is 3. The number of fused-ring (bicyclic) bond motifs is 4.